The van der Waals surface area contributed by atoms with Crippen molar-refractivity contribution >= 4 is 5.82 Å². The van der Waals surface area contributed by atoms with E-state index in [0.29, 0.717) is 11.6 Å². The summed E-state index contributed by atoms with van der Waals surface area (Å²) in [5.41, 5.74) is -0.789. The molecule has 0 fully saturated rings. The van der Waals surface area contributed by atoms with E-state index in [0.717, 1.165) is 12.3 Å². The van der Waals surface area contributed by atoms with Crippen LogP contribution in [0.2, 0.25) is 0 Å². The van der Waals surface area contributed by atoms with Crippen molar-refractivity contribution in [2.75, 3.05) is 5.32 Å². The number of aromatic amines is 1. The normalized spacial score (nSPS) is 11.5. The van der Waals surface area contributed by atoms with Crippen molar-refractivity contribution in [3.63, 3.8) is 0 Å². The third kappa shape index (κ3) is 2.89. The Hall–Kier alpha value is -2.19. The fourth-order valence-corrected chi connectivity index (χ4v) is 1.09. The molecule has 0 aliphatic heterocycles. The number of nitrogens with one attached hydrogen (secondary N) is 2. The second-order valence-electron chi connectivity index (χ2n) is 3.11. The van der Waals surface area contributed by atoms with E-state index in [1.165, 1.54) is 6.07 Å². The van der Waals surface area contributed by atoms with Gasteiger partial charge in [-0.25, -0.2) is 4.98 Å². The van der Waals surface area contributed by atoms with Crippen molar-refractivity contribution in [1.82, 2.24) is 25.6 Å². The van der Waals surface area contributed by atoms with Gasteiger partial charge in [0.2, 0.25) is 0 Å². The van der Waals surface area contributed by atoms with Crippen LogP contribution in [0.3, 0.4) is 0 Å². The van der Waals surface area contributed by atoms with Crippen LogP contribution in [-0.4, -0.2) is 25.6 Å². The molecule has 9 heteroatoms. The first-order valence-corrected chi connectivity index (χ1v) is 4.55. The Kier molecular flexibility index (Phi) is 2.90. The summed E-state index contributed by atoms with van der Waals surface area (Å²) in [6.07, 6.45) is -3.61. The molecule has 0 aliphatic carbocycles. The minimum Gasteiger partial charge on any atom is -0.363 e. The maximum absolute atomic E-state index is 12.2. The highest BCUT2D eigenvalue weighted by Crippen LogP contribution is 2.28. The number of nitrogens with zero attached hydrogens (tertiary/aromatic N) is 4. The predicted molar refractivity (Wildman–Crippen MR) is 50.7 cm³/mol. The van der Waals surface area contributed by atoms with E-state index in [2.05, 4.69) is 30.9 Å². The summed E-state index contributed by atoms with van der Waals surface area (Å²) in [5.74, 6) is 0.703. The fraction of sp³-hybridized carbons (Fsp3) is 0.250. The van der Waals surface area contributed by atoms with Crippen molar-refractivity contribution in [2.24, 2.45) is 0 Å². The summed E-state index contributed by atoms with van der Waals surface area (Å²) >= 11 is 0. The summed E-state index contributed by atoms with van der Waals surface area (Å²) in [6, 6.07) is 2.19. The van der Waals surface area contributed by atoms with Crippen LogP contribution in [0.1, 0.15) is 11.4 Å². The Morgan fingerprint density at radius 3 is 2.65 bits per heavy atom. The lowest BCUT2D eigenvalue weighted by Gasteiger charge is -2.07. The van der Waals surface area contributed by atoms with E-state index in [1.54, 1.807) is 0 Å². The highest BCUT2D eigenvalue weighted by atomic mass is 19.4. The average molecular weight is 244 g/mol. The van der Waals surface area contributed by atoms with Crippen LogP contribution in [0.15, 0.2) is 18.3 Å². The number of halogens is 3. The van der Waals surface area contributed by atoms with Crippen LogP contribution < -0.4 is 5.32 Å². The zero-order valence-electron chi connectivity index (χ0n) is 8.36. The molecule has 0 spiro atoms. The van der Waals surface area contributed by atoms with Gasteiger partial charge < -0.3 is 5.32 Å². The molecule has 0 aromatic carbocycles. The molecule has 90 valence electrons. The Bertz CT molecular complexity index is 463. The molecule has 0 aliphatic rings. The topological polar surface area (TPSA) is 79.4 Å². The zero-order chi connectivity index (χ0) is 12.3. The molecular formula is C8H7F3N6. The number of hydrogen-bond acceptors (Lipinski definition) is 5. The fourth-order valence-electron chi connectivity index (χ4n) is 1.09. The summed E-state index contributed by atoms with van der Waals surface area (Å²) < 4.78 is 36.7. The lowest BCUT2D eigenvalue weighted by atomic mass is 10.3. The highest BCUT2D eigenvalue weighted by molar-refractivity contribution is 5.36. The van der Waals surface area contributed by atoms with Gasteiger partial charge >= 0.3 is 6.18 Å². The van der Waals surface area contributed by atoms with Crippen molar-refractivity contribution in [3.05, 3.63) is 29.7 Å². The molecule has 0 saturated carbocycles. The molecule has 0 radical (unpaired) electrons. The summed E-state index contributed by atoms with van der Waals surface area (Å²) in [6.45, 7) is 0.231. The molecule has 0 atom stereocenters. The van der Waals surface area contributed by atoms with Gasteiger partial charge in [-0.3, -0.25) is 0 Å². The van der Waals surface area contributed by atoms with E-state index >= 15 is 0 Å². The smallest absolute Gasteiger partial charge is 0.363 e. The van der Waals surface area contributed by atoms with Gasteiger partial charge in [-0.15, -0.1) is 10.2 Å². The predicted octanol–water partition coefficient (Wildman–Crippen LogP) is 1.23. The Balaban J connectivity index is 1.99. The minimum atomic E-state index is -4.38. The molecule has 2 heterocycles. The van der Waals surface area contributed by atoms with Gasteiger partial charge in [0.1, 0.15) is 5.82 Å². The first kappa shape index (κ1) is 11.3. The quantitative estimate of drug-likeness (QED) is 0.848. The van der Waals surface area contributed by atoms with Gasteiger partial charge in [0, 0.05) is 6.20 Å². The number of pyridine rings is 1. The van der Waals surface area contributed by atoms with E-state index in [-0.39, 0.29) is 6.54 Å². The lowest BCUT2D eigenvalue weighted by molar-refractivity contribution is -0.137. The molecule has 2 aromatic heterocycles. The molecule has 0 unspecified atom stereocenters. The second kappa shape index (κ2) is 4.36. The van der Waals surface area contributed by atoms with E-state index in [9.17, 15) is 13.2 Å². The minimum absolute atomic E-state index is 0.231. The third-order valence-corrected chi connectivity index (χ3v) is 1.91. The van der Waals surface area contributed by atoms with Crippen LogP contribution in [-0.2, 0) is 12.7 Å². The van der Waals surface area contributed by atoms with Crippen molar-refractivity contribution in [1.29, 1.82) is 0 Å². The van der Waals surface area contributed by atoms with Gasteiger partial charge in [-0.1, -0.05) is 5.21 Å². The van der Waals surface area contributed by atoms with Crippen LogP contribution in [0.4, 0.5) is 19.0 Å². The number of tetrazole rings is 1. The van der Waals surface area contributed by atoms with Crippen molar-refractivity contribution < 1.29 is 13.2 Å². The molecule has 2 rings (SSSR count). The first-order valence-electron chi connectivity index (χ1n) is 4.55. The van der Waals surface area contributed by atoms with Crippen molar-refractivity contribution in [3.8, 4) is 0 Å². The highest BCUT2D eigenvalue weighted by Gasteiger charge is 2.30. The summed E-state index contributed by atoms with van der Waals surface area (Å²) in [5, 5.41) is 15.7. The molecular weight excluding hydrogens is 237 g/mol. The van der Waals surface area contributed by atoms with Crippen LogP contribution >= 0.6 is 0 Å². The van der Waals surface area contributed by atoms with Crippen molar-refractivity contribution in [2.45, 2.75) is 12.7 Å². The first-order chi connectivity index (χ1) is 8.05. The van der Waals surface area contributed by atoms with Gasteiger partial charge in [0.15, 0.2) is 5.82 Å². The summed E-state index contributed by atoms with van der Waals surface area (Å²) in [4.78, 5) is 3.63. The average Bonchev–Trinajstić information content (AvgIpc) is 2.78. The molecule has 2 N–H and O–H groups in total. The molecule has 6 nitrogen and oxygen atoms in total. The van der Waals surface area contributed by atoms with Gasteiger partial charge in [0.25, 0.3) is 0 Å². The van der Waals surface area contributed by atoms with Crippen LogP contribution in [0.25, 0.3) is 0 Å². The number of aromatic nitrogens is 5. The largest absolute Gasteiger partial charge is 0.417 e. The van der Waals surface area contributed by atoms with Crippen LogP contribution in [0.5, 0.6) is 0 Å². The number of H-pyrrole nitrogens is 1. The Morgan fingerprint density at radius 2 is 2.12 bits per heavy atom. The number of rotatable bonds is 3. The lowest BCUT2D eigenvalue weighted by Crippen LogP contribution is -2.07. The summed E-state index contributed by atoms with van der Waals surface area (Å²) in [7, 11) is 0. The Morgan fingerprint density at radius 1 is 1.29 bits per heavy atom. The number of hydrogen-bond donors (Lipinski definition) is 2. The molecule has 2 aromatic rings. The van der Waals surface area contributed by atoms with Gasteiger partial charge in [-0.2, -0.15) is 18.4 Å². The third-order valence-electron chi connectivity index (χ3n) is 1.91. The standard InChI is InChI=1S/C8H7F3N6/c9-8(10,11)5-1-2-6(12-3-5)13-4-7-14-16-17-15-7/h1-3H,4H2,(H,12,13)(H,14,15,16,17). The monoisotopic (exact) mass is 244 g/mol. The molecule has 17 heavy (non-hydrogen) atoms. The van der Waals surface area contributed by atoms with E-state index in [4.69, 9.17) is 0 Å². The number of alkyl halides is 3. The second-order valence-corrected chi connectivity index (χ2v) is 3.11. The maximum atomic E-state index is 12.2. The van der Waals surface area contributed by atoms with Gasteiger partial charge in [-0.05, 0) is 12.1 Å². The SMILES string of the molecule is FC(F)(F)c1ccc(NCc2nn[nH]n2)nc1. The Labute approximate surface area is 93.3 Å². The molecule has 0 saturated heterocycles. The molecule has 0 bridgehead atoms. The number of anilines is 1. The van der Waals surface area contributed by atoms with E-state index < -0.39 is 11.7 Å². The maximum Gasteiger partial charge on any atom is 0.417 e. The molecule has 0 amide bonds. The van der Waals surface area contributed by atoms with Gasteiger partial charge in [0.05, 0.1) is 12.1 Å². The van der Waals surface area contributed by atoms with E-state index in [1.807, 2.05) is 0 Å². The van der Waals surface area contributed by atoms with Crippen LogP contribution in [0, 0.1) is 0 Å². The zero-order valence-corrected chi connectivity index (χ0v) is 8.36.